The van der Waals surface area contributed by atoms with Crippen molar-refractivity contribution in [3.8, 4) is 17.3 Å². The fourth-order valence-electron chi connectivity index (χ4n) is 2.01. The van der Waals surface area contributed by atoms with Crippen molar-refractivity contribution in [3.63, 3.8) is 0 Å². The molecule has 0 N–H and O–H groups in total. The minimum atomic E-state index is -0.423. The summed E-state index contributed by atoms with van der Waals surface area (Å²) in [4.78, 5) is 20.7. The van der Waals surface area contributed by atoms with E-state index in [0.717, 1.165) is 11.1 Å². The zero-order valence-electron chi connectivity index (χ0n) is 12.6. The summed E-state index contributed by atoms with van der Waals surface area (Å²) < 4.78 is 10.2. The van der Waals surface area contributed by atoms with E-state index in [1.807, 2.05) is 31.2 Å². The van der Waals surface area contributed by atoms with Crippen LogP contribution >= 0.6 is 0 Å². The molecule has 21 heavy (non-hydrogen) atoms. The van der Waals surface area contributed by atoms with E-state index >= 15 is 0 Å². The number of methoxy groups -OCH3 is 1. The molecule has 0 aliphatic rings. The fraction of sp³-hybridized carbons (Fsp3) is 0.312. The van der Waals surface area contributed by atoms with Crippen LogP contribution in [-0.4, -0.2) is 29.7 Å². The SMILES string of the molecule is CCOC(=O)c1c(C)nc(OC)nc1-c1ccc(C)cc1. The number of hydrogen-bond donors (Lipinski definition) is 0. The first-order valence-electron chi connectivity index (χ1n) is 6.73. The zero-order chi connectivity index (χ0) is 15.4. The molecule has 0 saturated heterocycles. The van der Waals surface area contributed by atoms with Gasteiger partial charge >= 0.3 is 12.0 Å². The molecule has 0 radical (unpaired) electrons. The van der Waals surface area contributed by atoms with Gasteiger partial charge in [0.1, 0.15) is 5.56 Å². The maximum atomic E-state index is 12.2. The van der Waals surface area contributed by atoms with Crippen LogP contribution in [0.3, 0.4) is 0 Å². The van der Waals surface area contributed by atoms with Gasteiger partial charge in [-0.25, -0.2) is 4.79 Å². The van der Waals surface area contributed by atoms with Gasteiger partial charge in [0.15, 0.2) is 0 Å². The summed E-state index contributed by atoms with van der Waals surface area (Å²) >= 11 is 0. The van der Waals surface area contributed by atoms with Crippen molar-refractivity contribution in [2.75, 3.05) is 13.7 Å². The third kappa shape index (κ3) is 3.18. The van der Waals surface area contributed by atoms with Gasteiger partial charge in [-0.15, -0.1) is 0 Å². The number of hydrogen-bond acceptors (Lipinski definition) is 5. The molecule has 110 valence electrons. The van der Waals surface area contributed by atoms with Crippen LogP contribution in [0.5, 0.6) is 6.01 Å². The van der Waals surface area contributed by atoms with Gasteiger partial charge in [0.25, 0.3) is 0 Å². The van der Waals surface area contributed by atoms with E-state index in [1.165, 1.54) is 7.11 Å². The predicted molar refractivity (Wildman–Crippen MR) is 79.5 cm³/mol. The second-order valence-corrected chi connectivity index (χ2v) is 4.61. The van der Waals surface area contributed by atoms with Crippen LogP contribution in [0.4, 0.5) is 0 Å². The third-order valence-electron chi connectivity index (χ3n) is 3.06. The average molecular weight is 286 g/mol. The largest absolute Gasteiger partial charge is 0.467 e. The summed E-state index contributed by atoms with van der Waals surface area (Å²) in [6.45, 7) is 5.82. The van der Waals surface area contributed by atoms with E-state index in [-0.39, 0.29) is 6.01 Å². The van der Waals surface area contributed by atoms with E-state index in [1.54, 1.807) is 13.8 Å². The Hall–Kier alpha value is -2.43. The minimum absolute atomic E-state index is 0.233. The number of rotatable bonds is 4. The Balaban J connectivity index is 2.62. The van der Waals surface area contributed by atoms with Gasteiger partial charge in [-0.2, -0.15) is 9.97 Å². The Morgan fingerprint density at radius 3 is 2.38 bits per heavy atom. The summed E-state index contributed by atoms with van der Waals surface area (Å²) in [5, 5.41) is 0. The molecule has 1 heterocycles. The number of benzene rings is 1. The highest BCUT2D eigenvalue weighted by Crippen LogP contribution is 2.26. The topological polar surface area (TPSA) is 61.3 Å². The smallest absolute Gasteiger partial charge is 0.342 e. The van der Waals surface area contributed by atoms with Gasteiger partial charge in [-0.05, 0) is 20.8 Å². The Kier molecular flexibility index (Phi) is 4.52. The highest BCUT2D eigenvalue weighted by Gasteiger charge is 2.21. The summed E-state index contributed by atoms with van der Waals surface area (Å²) in [6, 6.07) is 8.00. The number of aromatic nitrogens is 2. The van der Waals surface area contributed by atoms with Crippen molar-refractivity contribution >= 4 is 5.97 Å². The molecular weight excluding hydrogens is 268 g/mol. The maximum Gasteiger partial charge on any atom is 0.342 e. The molecule has 2 aromatic rings. The molecule has 0 bridgehead atoms. The highest BCUT2D eigenvalue weighted by atomic mass is 16.5. The van der Waals surface area contributed by atoms with Crippen LogP contribution in [0, 0.1) is 13.8 Å². The van der Waals surface area contributed by atoms with Crippen LogP contribution in [0.15, 0.2) is 24.3 Å². The first-order valence-corrected chi connectivity index (χ1v) is 6.73. The zero-order valence-corrected chi connectivity index (χ0v) is 12.6. The van der Waals surface area contributed by atoms with E-state index in [0.29, 0.717) is 23.6 Å². The molecule has 1 aromatic heterocycles. The fourth-order valence-corrected chi connectivity index (χ4v) is 2.01. The molecule has 5 heteroatoms. The highest BCUT2D eigenvalue weighted by molar-refractivity contribution is 5.97. The number of esters is 1. The molecule has 0 spiro atoms. The van der Waals surface area contributed by atoms with Crippen molar-refractivity contribution in [1.29, 1.82) is 0 Å². The van der Waals surface area contributed by atoms with Crippen LogP contribution in [0.25, 0.3) is 11.3 Å². The van der Waals surface area contributed by atoms with Crippen molar-refractivity contribution in [2.24, 2.45) is 0 Å². The predicted octanol–water partition coefficient (Wildman–Crippen LogP) is 2.95. The van der Waals surface area contributed by atoms with Crippen molar-refractivity contribution in [2.45, 2.75) is 20.8 Å². The number of nitrogens with zero attached hydrogens (tertiary/aromatic N) is 2. The monoisotopic (exact) mass is 286 g/mol. The molecule has 0 unspecified atom stereocenters. The molecule has 1 aromatic carbocycles. The Labute approximate surface area is 124 Å². The Morgan fingerprint density at radius 2 is 1.81 bits per heavy atom. The standard InChI is InChI=1S/C16H18N2O3/c1-5-21-15(19)13-11(3)17-16(20-4)18-14(13)12-8-6-10(2)7-9-12/h6-9H,5H2,1-4H3. The molecule has 0 aliphatic carbocycles. The minimum Gasteiger partial charge on any atom is -0.467 e. The maximum absolute atomic E-state index is 12.2. The van der Waals surface area contributed by atoms with Gasteiger partial charge in [0, 0.05) is 5.56 Å². The van der Waals surface area contributed by atoms with Gasteiger partial charge in [-0.3, -0.25) is 0 Å². The average Bonchev–Trinajstić information content (AvgIpc) is 2.47. The summed E-state index contributed by atoms with van der Waals surface area (Å²) in [5.74, 6) is -0.423. The quantitative estimate of drug-likeness (QED) is 0.809. The molecule has 2 rings (SSSR count). The van der Waals surface area contributed by atoms with Crippen molar-refractivity contribution in [3.05, 3.63) is 41.1 Å². The lowest BCUT2D eigenvalue weighted by atomic mass is 10.0. The lowest BCUT2D eigenvalue weighted by Gasteiger charge is -2.12. The lowest BCUT2D eigenvalue weighted by molar-refractivity contribution is 0.0525. The van der Waals surface area contributed by atoms with Crippen LogP contribution in [-0.2, 0) is 4.74 Å². The number of aryl methyl sites for hydroxylation is 2. The van der Waals surface area contributed by atoms with E-state index in [4.69, 9.17) is 9.47 Å². The molecule has 0 fully saturated rings. The second-order valence-electron chi connectivity index (χ2n) is 4.61. The van der Waals surface area contributed by atoms with Crippen molar-refractivity contribution in [1.82, 2.24) is 9.97 Å². The first-order chi connectivity index (χ1) is 10.1. The molecule has 0 aliphatic heterocycles. The molecule has 0 atom stereocenters. The van der Waals surface area contributed by atoms with E-state index < -0.39 is 5.97 Å². The van der Waals surface area contributed by atoms with E-state index in [2.05, 4.69) is 9.97 Å². The van der Waals surface area contributed by atoms with Gasteiger partial charge in [-0.1, -0.05) is 29.8 Å². The summed E-state index contributed by atoms with van der Waals surface area (Å²) in [5.41, 5.74) is 3.40. The van der Waals surface area contributed by atoms with Gasteiger partial charge < -0.3 is 9.47 Å². The summed E-state index contributed by atoms with van der Waals surface area (Å²) in [6.07, 6.45) is 0. The van der Waals surface area contributed by atoms with Gasteiger partial charge in [0.2, 0.25) is 0 Å². The second kappa shape index (κ2) is 6.35. The first kappa shape index (κ1) is 15.0. The van der Waals surface area contributed by atoms with Crippen LogP contribution in [0.1, 0.15) is 28.5 Å². The Bertz CT molecular complexity index is 651. The normalized spacial score (nSPS) is 10.3. The molecular formula is C16H18N2O3. The number of ether oxygens (including phenoxy) is 2. The molecule has 0 saturated carbocycles. The molecule has 5 nitrogen and oxygen atoms in total. The summed E-state index contributed by atoms with van der Waals surface area (Å²) in [7, 11) is 1.50. The van der Waals surface area contributed by atoms with Gasteiger partial charge in [0.05, 0.1) is 25.1 Å². The third-order valence-corrected chi connectivity index (χ3v) is 3.06. The van der Waals surface area contributed by atoms with Crippen LogP contribution < -0.4 is 4.74 Å². The van der Waals surface area contributed by atoms with Crippen LogP contribution in [0.2, 0.25) is 0 Å². The Morgan fingerprint density at radius 1 is 1.14 bits per heavy atom. The van der Waals surface area contributed by atoms with E-state index in [9.17, 15) is 4.79 Å². The van der Waals surface area contributed by atoms with Crippen molar-refractivity contribution < 1.29 is 14.3 Å². The number of carbonyl (C=O) groups is 1. The number of carbonyl (C=O) groups excluding carboxylic acids is 1. The lowest BCUT2D eigenvalue weighted by Crippen LogP contribution is -2.12. The molecule has 0 amide bonds.